The van der Waals surface area contributed by atoms with Gasteiger partial charge in [0.25, 0.3) is 0 Å². The molecule has 21 heavy (non-hydrogen) atoms. The number of nitro groups is 1. The molecular formula is C13H9ClN2O4S. The van der Waals surface area contributed by atoms with Gasteiger partial charge in [0.05, 0.1) is 22.5 Å². The zero-order chi connectivity index (χ0) is 15.4. The van der Waals surface area contributed by atoms with Gasteiger partial charge in [0.1, 0.15) is 11.3 Å². The average molecular weight is 325 g/mol. The number of carbonyl (C=O) groups excluding carboxylic acids is 1. The van der Waals surface area contributed by atoms with Gasteiger partial charge in [-0.3, -0.25) is 10.1 Å². The Kier molecular flexibility index (Phi) is 4.77. The first kappa shape index (κ1) is 15.3. The standard InChI is InChI=1S/C13H9ClN2O4S/c1-20-13(17)8-4-2-3-5-10(8)21-11-6-12(14)15-7-9(11)16(18)19/h2-7H,1H3. The number of methoxy groups -OCH3 is 1. The van der Waals surface area contributed by atoms with Crippen molar-refractivity contribution in [3.05, 3.63) is 57.4 Å². The lowest BCUT2D eigenvalue weighted by Gasteiger charge is -2.07. The Labute approximate surface area is 129 Å². The van der Waals surface area contributed by atoms with E-state index in [-0.39, 0.29) is 10.8 Å². The second kappa shape index (κ2) is 6.55. The summed E-state index contributed by atoms with van der Waals surface area (Å²) in [5.41, 5.74) is 0.149. The highest BCUT2D eigenvalue weighted by Crippen LogP contribution is 2.37. The van der Waals surface area contributed by atoms with Gasteiger partial charge in [-0.1, -0.05) is 35.5 Å². The molecule has 0 saturated heterocycles. The molecule has 108 valence electrons. The number of esters is 1. The summed E-state index contributed by atoms with van der Waals surface area (Å²) in [5, 5.41) is 11.2. The number of benzene rings is 1. The highest BCUT2D eigenvalue weighted by molar-refractivity contribution is 7.99. The Morgan fingerprint density at radius 1 is 1.38 bits per heavy atom. The van der Waals surface area contributed by atoms with Crippen LogP contribution in [-0.2, 0) is 4.74 Å². The van der Waals surface area contributed by atoms with Gasteiger partial charge in [-0.15, -0.1) is 0 Å². The average Bonchev–Trinajstić information content (AvgIpc) is 2.47. The molecule has 1 heterocycles. The zero-order valence-corrected chi connectivity index (χ0v) is 12.4. The minimum absolute atomic E-state index is 0.138. The van der Waals surface area contributed by atoms with Crippen molar-refractivity contribution in [3.8, 4) is 0 Å². The second-order valence-electron chi connectivity index (χ2n) is 3.82. The highest BCUT2D eigenvalue weighted by atomic mass is 35.5. The van der Waals surface area contributed by atoms with Crippen LogP contribution in [0.15, 0.2) is 46.3 Å². The second-order valence-corrected chi connectivity index (χ2v) is 5.29. The maximum Gasteiger partial charge on any atom is 0.339 e. The molecule has 0 aliphatic heterocycles. The molecule has 6 nitrogen and oxygen atoms in total. The van der Waals surface area contributed by atoms with Crippen LogP contribution in [0.1, 0.15) is 10.4 Å². The molecule has 2 aromatic rings. The molecule has 0 amide bonds. The summed E-state index contributed by atoms with van der Waals surface area (Å²) in [6.45, 7) is 0. The Morgan fingerprint density at radius 2 is 2.10 bits per heavy atom. The van der Waals surface area contributed by atoms with Gasteiger partial charge in [0.15, 0.2) is 0 Å². The van der Waals surface area contributed by atoms with Crippen molar-refractivity contribution in [1.29, 1.82) is 0 Å². The normalized spacial score (nSPS) is 10.2. The molecule has 0 atom stereocenters. The molecule has 0 unspecified atom stereocenters. The van der Waals surface area contributed by atoms with Gasteiger partial charge in [0, 0.05) is 4.90 Å². The van der Waals surface area contributed by atoms with Gasteiger partial charge in [0.2, 0.25) is 0 Å². The van der Waals surface area contributed by atoms with Crippen LogP contribution in [-0.4, -0.2) is 23.0 Å². The summed E-state index contributed by atoms with van der Waals surface area (Å²) >= 11 is 6.84. The summed E-state index contributed by atoms with van der Waals surface area (Å²) in [6, 6.07) is 8.06. The number of rotatable bonds is 4. The first-order chi connectivity index (χ1) is 10.0. The smallest absolute Gasteiger partial charge is 0.339 e. The molecule has 2 rings (SSSR count). The molecule has 1 aromatic carbocycles. The molecule has 0 aliphatic rings. The van der Waals surface area contributed by atoms with Crippen LogP contribution in [0.25, 0.3) is 0 Å². The van der Waals surface area contributed by atoms with Gasteiger partial charge in [-0.2, -0.15) is 0 Å². The predicted molar refractivity (Wildman–Crippen MR) is 77.8 cm³/mol. The van der Waals surface area contributed by atoms with E-state index in [2.05, 4.69) is 4.98 Å². The van der Waals surface area contributed by atoms with Gasteiger partial charge < -0.3 is 4.74 Å². The van der Waals surface area contributed by atoms with E-state index in [1.165, 1.54) is 13.2 Å². The first-order valence-electron chi connectivity index (χ1n) is 5.68. The van der Waals surface area contributed by atoms with Crippen molar-refractivity contribution in [3.63, 3.8) is 0 Å². The molecule has 8 heteroatoms. The van der Waals surface area contributed by atoms with E-state index in [0.29, 0.717) is 15.4 Å². The number of hydrogen-bond acceptors (Lipinski definition) is 6. The molecule has 0 bridgehead atoms. The van der Waals surface area contributed by atoms with Crippen LogP contribution in [0, 0.1) is 10.1 Å². The minimum Gasteiger partial charge on any atom is -0.465 e. The molecule has 0 aliphatic carbocycles. The third-order valence-corrected chi connectivity index (χ3v) is 3.85. The molecule has 1 aromatic heterocycles. The Balaban J connectivity index is 2.46. The third kappa shape index (κ3) is 3.50. The fourth-order valence-electron chi connectivity index (χ4n) is 1.58. The largest absolute Gasteiger partial charge is 0.465 e. The summed E-state index contributed by atoms with van der Waals surface area (Å²) in [6.07, 6.45) is 1.09. The molecule has 0 N–H and O–H groups in total. The van der Waals surface area contributed by atoms with Gasteiger partial charge >= 0.3 is 11.7 Å². The Morgan fingerprint density at radius 3 is 2.76 bits per heavy atom. The van der Waals surface area contributed by atoms with Crippen LogP contribution in [0.2, 0.25) is 5.15 Å². The lowest BCUT2D eigenvalue weighted by molar-refractivity contribution is -0.388. The van der Waals surface area contributed by atoms with E-state index in [1.807, 2.05) is 0 Å². The quantitative estimate of drug-likeness (QED) is 0.370. The van der Waals surface area contributed by atoms with E-state index in [4.69, 9.17) is 16.3 Å². The summed E-state index contributed by atoms with van der Waals surface area (Å²) < 4.78 is 4.69. The topological polar surface area (TPSA) is 82.3 Å². The number of aromatic nitrogens is 1. The Bertz CT molecular complexity index is 708. The number of nitrogens with zero attached hydrogens (tertiary/aromatic N) is 2. The van der Waals surface area contributed by atoms with E-state index < -0.39 is 10.9 Å². The van der Waals surface area contributed by atoms with Crippen LogP contribution in [0.5, 0.6) is 0 Å². The van der Waals surface area contributed by atoms with Crippen molar-refractivity contribution >= 4 is 35.0 Å². The minimum atomic E-state index is -0.549. The Hall–Kier alpha value is -2.12. The van der Waals surface area contributed by atoms with Crippen molar-refractivity contribution in [1.82, 2.24) is 4.98 Å². The lowest BCUT2D eigenvalue weighted by Crippen LogP contribution is -2.02. The maximum absolute atomic E-state index is 11.7. The number of halogens is 1. The zero-order valence-electron chi connectivity index (χ0n) is 10.8. The molecule has 0 fully saturated rings. The third-order valence-electron chi connectivity index (χ3n) is 2.52. The van der Waals surface area contributed by atoms with Gasteiger partial charge in [-0.25, -0.2) is 9.78 Å². The van der Waals surface area contributed by atoms with E-state index in [0.717, 1.165) is 18.0 Å². The first-order valence-corrected chi connectivity index (χ1v) is 6.87. The fraction of sp³-hybridized carbons (Fsp3) is 0.0769. The highest BCUT2D eigenvalue weighted by Gasteiger charge is 2.19. The summed E-state index contributed by atoms with van der Waals surface area (Å²) in [4.78, 5) is 26.7. The molecule has 0 radical (unpaired) electrons. The number of hydrogen-bond donors (Lipinski definition) is 0. The van der Waals surface area contributed by atoms with Crippen molar-refractivity contribution in [2.24, 2.45) is 0 Å². The lowest BCUT2D eigenvalue weighted by atomic mass is 10.2. The number of ether oxygens (including phenoxy) is 1. The van der Waals surface area contributed by atoms with Crippen molar-refractivity contribution in [2.45, 2.75) is 9.79 Å². The van der Waals surface area contributed by atoms with Gasteiger partial charge in [-0.05, 0) is 18.2 Å². The number of pyridine rings is 1. The predicted octanol–water partition coefficient (Wildman–Crippen LogP) is 3.58. The molecule has 0 saturated carbocycles. The van der Waals surface area contributed by atoms with E-state index in [1.54, 1.807) is 24.3 Å². The molecular weight excluding hydrogens is 316 g/mol. The van der Waals surface area contributed by atoms with Crippen LogP contribution >= 0.6 is 23.4 Å². The van der Waals surface area contributed by atoms with Crippen LogP contribution < -0.4 is 0 Å². The van der Waals surface area contributed by atoms with Crippen molar-refractivity contribution < 1.29 is 14.5 Å². The fourth-order valence-corrected chi connectivity index (χ4v) is 2.85. The van der Waals surface area contributed by atoms with E-state index >= 15 is 0 Å². The molecule has 0 spiro atoms. The number of carbonyl (C=O) groups is 1. The summed E-state index contributed by atoms with van der Waals surface area (Å²) in [5.74, 6) is -0.513. The SMILES string of the molecule is COC(=O)c1ccccc1Sc1cc(Cl)ncc1[N+](=O)[O-]. The van der Waals surface area contributed by atoms with Crippen LogP contribution in [0.3, 0.4) is 0 Å². The van der Waals surface area contributed by atoms with E-state index in [9.17, 15) is 14.9 Å². The maximum atomic E-state index is 11.7. The van der Waals surface area contributed by atoms with Crippen LogP contribution in [0.4, 0.5) is 5.69 Å². The monoisotopic (exact) mass is 324 g/mol. The van der Waals surface area contributed by atoms with Crippen molar-refractivity contribution in [2.75, 3.05) is 7.11 Å². The summed E-state index contributed by atoms with van der Waals surface area (Å²) in [7, 11) is 1.27.